The molecule has 0 aliphatic carbocycles. The average molecular weight is 555 g/mol. The van der Waals surface area contributed by atoms with Gasteiger partial charge in [0, 0.05) is 0 Å². The summed E-state index contributed by atoms with van der Waals surface area (Å²) in [7, 11) is 0. The van der Waals surface area contributed by atoms with Gasteiger partial charge in [-0.05, 0) is 0 Å². The molecule has 4 aromatic rings. The van der Waals surface area contributed by atoms with Crippen LogP contribution >= 0.6 is 0 Å². The predicted molar refractivity (Wildman–Crippen MR) is 120 cm³/mol. The zero-order valence-electron chi connectivity index (χ0n) is 17.6. The molecule has 0 amide bonds. The van der Waals surface area contributed by atoms with Crippen LogP contribution in [0.4, 0.5) is 0 Å². The SMILES string of the molecule is Cc1[c-]cccc1.Cc1[c-]cccc1.Cc1[c-]cccc1.Cc1[c-]cccc1.[Os+8]. The molecule has 0 atom stereocenters. The zero-order chi connectivity index (χ0) is 20.5. The molecule has 0 nitrogen and oxygen atoms in total. The van der Waals surface area contributed by atoms with Gasteiger partial charge in [-0.1, -0.05) is 27.7 Å². The summed E-state index contributed by atoms with van der Waals surface area (Å²) in [6, 6.07) is 43.8. The molecule has 4 aromatic carbocycles. The third kappa shape index (κ3) is 16.2. The molecule has 0 fully saturated rings. The van der Waals surface area contributed by atoms with E-state index in [4.69, 9.17) is 0 Å². The fourth-order valence-electron chi connectivity index (χ4n) is 1.93. The largest absolute Gasteiger partial charge is 8.00 e. The third-order valence-electron chi connectivity index (χ3n) is 3.46. The summed E-state index contributed by atoms with van der Waals surface area (Å²) in [6.07, 6.45) is 0. The van der Waals surface area contributed by atoms with Gasteiger partial charge < -0.3 is 0 Å². The molecule has 0 aromatic heterocycles. The van der Waals surface area contributed by atoms with E-state index in [9.17, 15) is 0 Å². The minimum Gasteiger partial charge on any atom is -0.181 e. The number of hydrogen-bond donors (Lipinski definition) is 0. The van der Waals surface area contributed by atoms with Crippen molar-refractivity contribution >= 4 is 0 Å². The fraction of sp³-hybridized carbons (Fsp3) is 0.143. The second-order valence-electron chi connectivity index (χ2n) is 6.18. The van der Waals surface area contributed by atoms with Gasteiger partial charge in [-0.15, -0.1) is 0 Å². The topological polar surface area (TPSA) is 0 Å². The van der Waals surface area contributed by atoms with Crippen LogP contribution in [0.5, 0.6) is 0 Å². The van der Waals surface area contributed by atoms with E-state index in [1.807, 2.05) is 125 Å². The Hall–Kier alpha value is -2.48. The number of benzene rings is 4. The molecule has 0 saturated heterocycles. The van der Waals surface area contributed by atoms with Crippen molar-refractivity contribution in [3.05, 3.63) is 144 Å². The molecular formula is C28H28Os+4. The molecule has 0 bridgehead atoms. The van der Waals surface area contributed by atoms with Crippen molar-refractivity contribution in [2.45, 2.75) is 27.7 Å². The van der Waals surface area contributed by atoms with Crippen LogP contribution in [0.3, 0.4) is 0 Å². The zero-order valence-corrected chi connectivity index (χ0v) is 20.1. The van der Waals surface area contributed by atoms with Crippen LogP contribution in [0.1, 0.15) is 22.3 Å². The van der Waals surface area contributed by atoms with Crippen LogP contribution in [0.2, 0.25) is 0 Å². The Kier molecular flexibility index (Phi) is 16.1. The Balaban J connectivity index is 0.000000356. The maximum atomic E-state index is 3.03. The molecule has 0 unspecified atom stereocenters. The summed E-state index contributed by atoms with van der Waals surface area (Å²) in [5, 5.41) is 0. The van der Waals surface area contributed by atoms with Crippen molar-refractivity contribution in [2.24, 2.45) is 0 Å². The molecule has 29 heavy (non-hydrogen) atoms. The number of rotatable bonds is 0. The van der Waals surface area contributed by atoms with E-state index < -0.39 is 0 Å². The molecule has 0 heterocycles. The third-order valence-corrected chi connectivity index (χ3v) is 3.46. The van der Waals surface area contributed by atoms with Crippen molar-refractivity contribution in [2.75, 3.05) is 0 Å². The Labute approximate surface area is 190 Å². The van der Waals surface area contributed by atoms with Gasteiger partial charge in [-0.3, -0.25) is 0 Å². The predicted octanol–water partition coefficient (Wildman–Crippen LogP) is 7.18. The molecule has 0 saturated carbocycles. The van der Waals surface area contributed by atoms with Crippen LogP contribution in [-0.4, -0.2) is 0 Å². The van der Waals surface area contributed by atoms with Crippen molar-refractivity contribution in [1.29, 1.82) is 0 Å². The maximum absolute atomic E-state index is 3.03. The number of aryl methyl sites for hydroxylation is 4. The molecule has 0 radical (unpaired) electrons. The van der Waals surface area contributed by atoms with Gasteiger partial charge in [0.1, 0.15) is 0 Å². The first-order valence-corrected chi connectivity index (χ1v) is 9.31. The van der Waals surface area contributed by atoms with E-state index >= 15 is 0 Å². The maximum Gasteiger partial charge on any atom is 8.00 e. The average Bonchev–Trinajstić information content (AvgIpc) is 2.72. The smallest absolute Gasteiger partial charge is 0.181 e. The summed E-state index contributed by atoms with van der Waals surface area (Å²) < 4.78 is 0. The van der Waals surface area contributed by atoms with E-state index in [0.717, 1.165) is 0 Å². The Morgan fingerprint density at radius 2 is 0.586 bits per heavy atom. The Morgan fingerprint density at radius 1 is 0.379 bits per heavy atom. The first kappa shape index (κ1) is 26.5. The normalized spacial score (nSPS) is 8.41. The molecule has 1 heteroatoms. The molecule has 0 aliphatic heterocycles. The van der Waals surface area contributed by atoms with Gasteiger partial charge in [-0.2, -0.15) is 144 Å². The molecule has 0 aliphatic rings. The first-order chi connectivity index (χ1) is 13.6. The van der Waals surface area contributed by atoms with E-state index in [0.29, 0.717) is 0 Å². The molecular weight excluding hydrogens is 527 g/mol. The van der Waals surface area contributed by atoms with Gasteiger partial charge in [0.2, 0.25) is 0 Å². The van der Waals surface area contributed by atoms with Crippen molar-refractivity contribution < 1.29 is 19.8 Å². The van der Waals surface area contributed by atoms with E-state index in [1.165, 1.54) is 22.3 Å². The Morgan fingerprint density at radius 3 is 0.655 bits per heavy atom. The summed E-state index contributed by atoms with van der Waals surface area (Å²) >= 11 is 0. The van der Waals surface area contributed by atoms with Crippen molar-refractivity contribution in [3.63, 3.8) is 0 Å². The van der Waals surface area contributed by atoms with Gasteiger partial charge in [0.15, 0.2) is 0 Å². The minimum atomic E-state index is 0. The molecule has 4 rings (SSSR count). The molecule has 0 N–H and O–H groups in total. The quantitative estimate of drug-likeness (QED) is 0.202. The second-order valence-corrected chi connectivity index (χ2v) is 6.18. The van der Waals surface area contributed by atoms with E-state index in [1.54, 1.807) is 0 Å². The van der Waals surface area contributed by atoms with Crippen LogP contribution in [0.25, 0.3) is 0 Å². The van der Waals surface area contributed by atoms with Gasteiger partial charge in [0.05, 0.1) is 0 Å². The van der Waals surface area contributed by atoms with Crippen LogP contribution < -0.4 is 0 Å². The standard InChI is InChI=1S/4C7H7.Os/c4*1-7-5-3-2-4-6-7;/h4*2-5H,1H3;/q4*-1;+8. The van der Waals surface area contributed by atoms with Gasteiger partial charge >= 0.3 is 19.8 Å². The van der Waals surface area contributed by atoms with Gasteiger partial charge in [-0.25, -0.2) is 0 Å². The molecule has 144 valence electrons. The molecule has 0 spiro atoms. The Bertz CT molecular complexity index is 676. The minimum absolute atomic E-state index is 0. The summed E-state index contributed by atoms with van der Waals surface area (Å²) in [5.74, 6) is 0. The first-order valence-electron chi connectivity index (χ1n) is 9.31. The van der Waals surface area contributed by atoms with Crippen molar-refractivity contribution in [1.82, 2.24) is 0 Å². The number of hydrogen-bond acceptors (Lipinski definition) is 0. The van der Waals surface area contributed by atoms with Crippen molar-refractivity contribution in [3.8, 4) is 0 Å². The van der Waals surface area contributed by atoms with E-state index in [2.05, 4.69) is 24.3 Å². The van der Waals surface area contributed by atoms with Crippen LogP contribution in [-0.2, 0) is 19.8 Å². The second kappa shape index (κ2) is 17.6. The van der Waals surface area contributed by atoms with Crippen LogP contribution in [0.15, 0.2) is 97.1 Å². The van der Waals surface area contributed by atoms with E-state index in [-0.39, 0.29) is 19.8 Å². The van der Waals surface area contributed by atoms with Crippen LogP contribution in [0, 0.1) is 52.0 Å². The monoisotopic (exact) mass is 556 g/mol. The fourth-order valence-corrected chi connectivity index (χ4v) is 1.93. The summed E-state index contributed by atoms with van der Waals surface area (Å²) in [5.41, 5.74) is 4.79. The van der Waals surface area contributed by atoms with Gasteiger partial charge in [0.25, 0.3) is 0 Å². The summed E-state index contributed by atoms with van der Waals surface area (Å²) in [6.45, 7) is 8.11. The summed E-state index contributed by atoms with van der Waals surface area (Å²) in [4.78, 5) is 0.